The number of hydrogen-bond acceptors (Lipinski definition) is 24. The van der Waals surface area contributed by atoms with Crippen molar-refractivity contribution >= 4 is 200 Å². The topological polar surface area (TPSA) is 435 Å². The van der Waals surface area contributed by atoms with Crippen LogP contribution in [0.15, 0.2) is 179 Å². The maximum Gasteiger partial charge on any atom is 0.335 e. The molecule has 0 heterocycles. The highest BCUT2D eigenvalue weighted by Gasteiger charge is 2.42. The van der Waals surface area contributed by atoms with Crippen molar-refractivity contribution in [3.8, 4) is 0 Å². The van der Waals surface area contributed by atoms with Gasteiger partial charge in [-0.25, -0.2) is 106 Å². The van der Waals surface area contributed by atoms with E-state index in [0.717, 1.165) is 12.2 Å². The zero-order valence-electron chi connectivity index (χ0n) is 114. The van der Waals surface area contributed by atoms with Crippen molar-refractivity contribution in [3.63, 3.8) is 0 Å². The van der Waals surface area contributed by atoms with Gasteiger partial charge in [-0.1, -0.05) is 106 Å². The minimum absolute atomic E-state index is 0.0248. The van der Waals surface area contributed by atoms with E-state index in [1.54, 1.807) is 0 Å². The van der Waals surface area contributed by atoms with Gasteiger partial charge in [0.2, 0.25) is 60.1 Å². The van der Waals surface area contributed by atoms with Gasteiger partial charge in [0.15, 0.2) is 8.47 Å². The summed E-state index contributed by atoms with van der Waals surface area (Å²) in [5, 5.41) is -20.3. The van der Waals surface area contributed by atoms with Gasteiger partial charge in [0.1, 0.15) is 66.3 Å². The molecule has 48 heteroatoms. The first kappa shape index (κ1) is 67.0. The van der Waals surface area contributed by atoms with Crippen LogP contribution in [0, 0.1) is 34.9 Å². The lowest BCUT2D eigenvalue weighted by Crippen LogP contribution is -2.34. The summed E-state index contributed by atoms with van der Waals surface area (Å²) in [5.74, 6) is -16.2. The van der Waals surface area contributed by atoms with Gasteiger partial charge in [0.05, 0.1) is 170 Å². The van der Waals surface area contributed by atoms with E-state index in [-0.39, 0.29) is 89.8 Å². The Balaban J connectivity index is 0.000000288. The monoisotopic (exact) mass is 2210 g/mol. The van der Waals surface area contributed by atoms with Crippen LogP contribution in [0.3, 0.4) is 0 Å². The van der Waals surface area contributed by atoms with Gasteiger partial charge in [-0.3, -0.25) is 28.3 Å². The highest BCUT2D eigenvalue weighted by molar-refractivity contribution is 7.95. The molecule has 0 aromatic heterocycles. The molecule has 0 saturated carbocycles. The third kappa shape index (κ3) is 33.8. The van der Waals surface area contributed by atoms with Gasteiger partial charge in [0.25, 0.3) is 0 Å². The Labute approximate surface area is 887 Å². The molecule has 6 N–H and O–H groups in total. The molecule has 0 aliphatic heterocycles. The van der Waals surface area contributed by atoms with E-state index in [9.17, 15) is 106 Å². The molecule has 6 aliphatic carbocycles. The maximum atomic E-state index is 13.8. The number of carbonyl (C=O) groups is 6. The molecule has 0 fully saturated rings. The first-order valence-electron chi connectivity index (χ1n) is 59.8. The number of rotatable bonds is 30. The van der Waals surface area contributed by atoms with Crippen molar-refractivity contribution < 1.29 is 192 Å². The van der Waals surface area contributed by atoms with E-state index < -0.39 is 480 Å². The fourth-order valence-corrected chi connectivity index (χ4v) is 20.2. The van der Waals surface area contributed by atoms with Crippen molar-refractivity contribution in [3.05, 3.63) is 244 Å². The van der Waals surface area contributed by atoms with Crippen LogP contribution in [-0.4, -0.2) is 157 Å². The van der Waals surface area contributed by atoms with Gasteiger partial charge in [0, 0.05) is 16.4 Å². The Kier molecular flexibility index (Phi) is 26.1. The quantitative estimate of drug-likeness (QED) is 0.0139. The number of sulfonamides is 6. The molecule has 0 saturated heterocycles. The average molecular weight is 2210 g/mol. The predicted octanol–water partition coefficient (Wildman–Crippen LogP) is 19.6. The van der Waals surface area contributed by atoms with Crippen molar-refractivity contribution in [2.45, 2.75) is 188 Å². The molecule has 756 valence electrons. The molecule has 0 unspecified atom stereocenters. The number of esters is 6. The molecule has 0 amide bonds. The highest BCUT2D eigenvalue weighted by Crippen LogP contribution is 2.39. The Bertz CT molecular complexity index is 8570. The number of carbonyl (C=O) groups excluding carboxylic acids is 6. The summed E-state index contributed by atoms with van der Waals surface area (Å²) in [5.41, 5.74) is -10.6. The van der Waals surface area contributed by atoms with E-state index >= 15 is 0 Å². The smallest absolute Gasteiger partial charge is 0.335 e. The molecule has 6 atom stereocenters. The van der Waals surface area contributed by atoms with Crippen molar-refractivity contribution in [1.29, 1.82) is 0 Å². The summed E-state index contributed by atoms with van der Waals surface area (Å²) in [6, 6.07) is -22.6. The molecule has 0 spiro atoms. The van der Waals surface area contributed by atoms with E-state index in [2.05, 4.69) is 0 Å². The van der Waals surface area contributed by atoms with Crippen LogP contribution in [0.1, 0.15) is 206 Å². The maximum absolute atomic E-state index is 13.8. The second-order valence-corrected chi connectivity index (χ2v) is 38.7. The zero-order valence-corrected chi connectivity index (χ0v) is 81.1. The predicted molar refractivity (Wildman–Crippen MR) is 518 cm³/mol. The SMILES string of the molecule is [2H]C1=C(C(=O)OCC)[C@H](S(=O)(=O)N([2H])c2c([2H])c([2H])c(F)c([2H])c2Cl)CCC1([2H])[2H].[2H]C1=C(C(=O)OCC)[C@]([2H])(S(=O)(=O)N([2H])c2c([2H])c([2H])c(F)c([2H])c2Cl)CCC1.[2H]C1=C(C(=O)OCC)[C@]([2H])(S(=O)(=O)N([2H])c2c([2H])c([2H])c(F)c([2H])c2Cl)CCC1([2H])[2H].[2H]c1c([2H])c(N([2H])S(=O)(=O)[C@@H]2CC([2H])([2H])C([2H])([2H])C=C2C(=O)OCC)c(Cl)c([2H])c1F.[2H]c1c([2H])c(N([2H])S(=O)(=O)[C@@H]2CC([2H])([2H])CC=C2C(=O)OCC)c(Cl)c([2H])c1F.[2H]c1c([2H])c(N([2H])S(=O)(=O)[C@]2([2H])CC([2H])([2H])CC=C2C(=O)OCC)c(Cl)c([2H])c1F. The summed E-state index contributed by atoms with van der Waals surface area (Å²) in [7, 11) is -30.8. The summed E-state index contributed by atoms with van der Waals surface area (Å²) in [6.45, 7) is 7.58. The summed E-state index contributed by atoms with van der Waals surface area (Å²) in [4.78, 5) is 73.7. The molecule has 0 bridgehead atoms. The fraction of sp³-hybridized carbons (Fsp3) is 0.400. The molecule has 6 aliphatic rings. The van der Waals surface area contributed by atoms with Gasteiger partial charge in [-0.2, -0.15) is 0 Å². The molecule has 12 rings (SSSR count). The lowest BCUT2D eigenvalue weighted by molar-refractivity contribution is -0.139. The van der Waals surface area contributed by atoms with Gasteiger partial charge < -0.3 is 28.4 Å². The van der Waals surface area contributed by atoms with Crippen LogP contribution in [0.2, 0.25) is 38.6 Å². The zero-order chi connectivity index (χ0) is 139. The Hall–Kier alpha value is -9.60. The van der Waals surface area contributed by atoms with E-state index in [0.29, 0.717) is 6.08 Å². The number of nitrogens with one attached hydrogen (secondary N) is 6. The third-order valence-electron chi connectivity index (χ3n) is 16.9. The van der Waals surface area contributed by atoms with Crippen molar-refractivity contribution in [2.24, 2.45) is 0 Å². The number of benzene rings is 6. The Morgan fingerprint density at radius 2 is 0.558 bits per heavy atom. The molecule has 6 aromatic rings. The van der Waals surface area contributed by atoms with E-state index in [4.69, 9.17) is 156 Å². The Morgan fingerprint density at radius 1 is 0.312 bits per heavy atom. The molecule has 30 nitrogen and oxygen atoms in total. The van der Waals surface area contributed by atoms with Gasteiger partial charge in [-0.05, 0) is 266 Å². The summed E-state index contributed by atoms with van der Waals surface area (Å²) >= 11 is 34.6. The highest BCUT2D eigenvalue weighted by atomic mass is 35.5. The van der Waals surface area contributed by atoms with Crippen LogP contribution in [-0.2, 0) is 117 Å². The van der Waals surface area contributed by atoms with Crippen LogP contribution < -0.4 is 28.3 Å². The van der Waals surface area contributed by atoms with Crippen molar-refractivity contribution in [1.82, 2.24) is 0 Å². The fourth-order valence-electron chi connectivity index (χ4n) is 11.1. The lowest BCUT2D eigenvalue weighted by atomic mass is 9.99. The molecule has 0 radical (unpaired) electrons. The number of allylic oxidation sites excluding steroid dienone is 6. The van der Waals surface area contributed by atoms with Crippen LogP contribution in [0.4, 0.5) is 60.5 Å². The first-order valence-corrected chi connectivity index (χ1v) is 50.2. The number of ether oxygens (including phenoxy) is 6. The minimum Gasteiger partial charge on any atom is -0.463 e. The third-order valence-corrected chi connectivity index (χ3v) is 27.7. The minimum atomic E-state index is -5.37. The average Bonchev–Trinajstić information content (AvgIpc) is 0.717. The molecular weight excluding hydrogens is 2070 g/mol. The lowest BCUT2D eigenvalue weighted by Gasteiger charge is -2.24. The van der Waals surface area contributed by atoms with E-state index in [1.165, 1.54) is 41.5 Å². The van der Waals surface area contributed by atoms with Crippen LogP contribution >= 0.6 is 69.6 Å². The van der Waals surface area contributed by atoms with Crippen LogP contribution in [0.5, 0.6) is 0 Å². The first-order chi connectivity index (χ1) is 82.0. The standard InChI is InChI=1S/6C15H17ClFNO4S/c6*1-2-22-15(19)11-5-3-4-6-14(11)23(20,21)18-13-8-7-10(17)9-12(13)16/h6*5,7-9,14,18H,2-4,6H2,1H3/t6*14-/m111111/s1/i3D2,5D,7D,8D,9D,14D;5D,7D,8D,9D,14D;4D2,7D,8D,9D,14D;3D2,5D,7D,8D,9D;3D2,4D2,7D,8D,9D;4D2,7D,8D,9D/hD6. The van der Waals surface area contributed by atoms with E-state index in [1.807, 2.05) is 0 Å². The Morgan fingerprint density at radius 3 is 0.899 bits per heavy atom. The van der Waals surface area contributed by atoms with Gasteiger partial charge >= 0.3 is 35.8 Å². The molecule has 6 aromatic carbocycles. The van der Waals surface area contributed by atoms with Gasteiger partial charge in [-0.15, -0.1) is 0 Å². The number of hydrogen-bond donors (Lipinski definition) is 6. The molecular formula is C90H102Cl6F6N6O24S6. The number of anilines is 6. The number of halogens is 12. The van der Waals surface area contributed by atoms with Crippen molar-refractivity contribution in [2.75, 3.05) is 67.9 Å². The van der Waals surface area contributed by atoms with Crippen LogP contribution in [0.25, 0.3) is 0 Å². The largest absolute Gasteiger partial charge is 0.463 e. The normalized spacial score (nSPS) is 26.6. The second-order valence-electron chi connectivity index (χ2n) is 26.2. The second kappa shape index (κ2) is 53.9. The summed E-state index contributed by atoms with van der Waals surface area (Å²) in [6.07, 6.45) is -18.4. The molecule has 138 heavy (non-hydrogen) atoms. The summed E-state index contributed by atoms with van der Waals surface area (Å²) < 4.78 is 595.